The molecular weight excluding hydrogens is 326 g/mol. The molecule has 0 aliphatic heterocycles. The first kappa shape index (κ1) is 14.8. The van der Waals surface area contributed by atoms with Crippen molar-refractivity contribution in [2.45, 2.75) is 0 Å². The molecule has 0 aliphatic rings. The van der Waals surface area contributed by atoms with E-state index in [-0.39, 0.29) is 0 Å². The van der Waals surface area contributed by atoms with Crippen molar-refractivity contribution in [1.29, 1.82) is 0 Å². The number of fused-ring (bicyclic) bond motifs is 2. The van der Waals surface area contributed by atoms with Gasteiger partial charge in [-0.2, -0.15) is 0 Å². The second kappa shape index (κ2) is 5.69. The summed E-state index contributed by atoms with van der Waals surface area (Å²) in [7, 11) is 3.24. The van der Waals surface area contributed by atoms with Gasteiger partial charge in [0.15, 0.2) is 0 Å². The van der Waals surface area contributed by atoms with Gasteiger partial charge in [0.05, 0.1) is 35.8 Å². The molecule has 0 saturated heterocycles. The maximum Gasteiger partial charge on any atom is 0.142 e. The van der Waals surface area contributed by atoms with Crippen LogP contribution in [0.1, 0.15) is 0 Å². The summed E-state index contributed by atoms with van der Waals surface area (Å²) in [5.41, 5.74) is 3.12. The van der Waals surface area contributed by atoms with Gasteiger partial charge in [-0.25, -0.2) is 4.98 Å². The smallest absolute Gasteiger partial charge is 0.142 e. The van der Waals surface area contributed by atoms with Crippen LogP contribution >= 0.6 is 11.6 Å². The zero-order chi connectivity index (χ0) is 16.7. The molecule has 120 valence electrons. The van der Waals surface area contributed by atoms with Crippen LogP contribution in [0.25, 0.3) is 33.3 Å². The van der Waals surface area contributed by atoms with Gasteiger partial charge in [0.25, 0.3) is 0 Å². The molecule has 0 fully saturated rings. The van der Waals surface area contributed by atoms with E-state index in [1.807, 2.05) is 36.4 Å². The molecule has 0 bridgehead atoms. The highest BCUT2D eigenvalue weighted by atomic mass is 35.5. The predicted octanol–water partition coefficient (Wildman–Crippen LogP) is 4.45. The van der Waals surface area contributed by atoms with Crippen LogP contribution in [0.3, 0.4) is 0 Å². The van der Waals surface area contributed by atoms with Crippen molar-refractivity contribution in [2.75, 3.05) is 14.2 Å². The van der Waals surface area contributed by atoms with E-state index < -0.39 is 0 Å². The van der Waals surface area contributed by atoms with Crippen LogP contribution in [-0.2, 0) is 0 Å². The summed E-state index contributed by atoms with van der Waals surface area (Å²) in [6, 6.07) is 11.4. The Morgan fingerprint density at radius 3 is 2.71 bits per heavy atom. The van der Waals surface area contributed by atoms with Gasteiger partial charge in [-0.15, -0.1) is 0 Å². The largest absolute Gasteiger partial charge is 0.497 e. The summed E-state index contributed by atoms with van der Waals surface area (Å²) in [6.45, 7) is 0. The van der Waals surface area contributed by atoms with Gasteiger partial charge in [-0.3, -0.25) is 4.98 Å². The highest BCUT2D eigenvalue weighted by Gasteiger charge is 2.15. The molecule has 2 aromatic carbocycles. The molecule has 0 radical (unpaired) electrons. The number of hydrogen-bond acceptors (Lipinski definition) is 4. The zero-order valence-corrected chi connectivity index (χ0v) is 13.9. The predicted molar refractivity (Wildman–Crippen MR) is 94.9 cm³/mol. The minimum Gasteiger partial charge on any atom is -0.497 e. The van der Waals surface area contributed by atoms with E-state index in [9.17, 15) is 0 Å². The molecule has 0 unspecified atom stereocenters. The van der Waals surface area contributed by atoms with Gasteiger partial charge in [0, 0.05) is 17.6 Å². The van der Waals surface area contributed by atoms with Gasteiger partial charge < -0.3 is 14.5 Å². The number of pyridine rings is 1. The molecule has 2 aromatic heterocycles. The van der Waals surface area contributed by atoms with Gasteiger partial charge in [0.1, 0.15) is 22.8 Å². The van der Waals surface area contributed by atoms with E-state index in [1.54, 1.807) is 20.4 Å². The average molecular weight is 340 g/mol. The summed E-state index contributed by atoms with van der Waals surface area (Å²) >= 11 is 6.50. The topological polar surface area (TPSA) is 60.0 Å². The van der Waals surface area contributed by atoms with E-state index in [0.29, 0.717) is 22.1 Å². The van der Waals surface area contributed by atoms with E-state index in [4.69, 9.17) is 21.1 Å². The van der Waals surface area contributed by atoms with Crippen molar-refractivity contribution in [3.05, 3.63) is 47.6 Å². The van der Waals surface area contributed by atoms with Crippen molar-refractivity contribution >= 4 is 33.5 Å². The second-order valence-electron chi connectivity index (χ2n) is 5.31. The Hall–Kier alpha value is -2.79. The number of hydrogen-bond donors (Lipinski definition) is 1. The number of halogens is 1. The highest BCUT2D eigenvalue weighted by Crippen LogP contribution is 2.35. The quantitative estimate of drug-likeness (QED) is 0.599. The van der Waals surface area contributed by atoms with Crippen LogP contribution in [0.15, 0.2) is 42.6 Å². The number of aromatic nitrogens is 3. The number of benzene rings is 2. The van der Waals surface area contributed by atoms with Crippen LogP contribution in [0.5, 0.6) is 11.5 Å². The standard InChI is InChI=1S/C18H14ClN3O2/c1-23-11-5-6-12(14(9-11)24-2)18-21-13-8-10-4-3-7-20-16(10)15(19)17(13)22-18/h3-9H,1-2H3,(H,21,22). The lowest BCUT2D eigenvalue weighted by Gasteiger charge is -2.08. The number of rotatable bonds is 3. The molecule has 0 amide bonds. The maximum atomic E-state index is 6.50. The number of imidazole rings is 1. The Balaban J connectivity index is 1.95. The molecule has 4 rings (SSSR count). The molecule has 0 aliphatic carbocycles. The molecule has 1 N–H and O–H groups in total. The minimum atomic E-state index is 0.540. The summed E-state index contributed by atoms with van der Waals surface area (Å²) in [5.74, 6) is 2.08. The molecule has 2 heterocycles. The summed E-state index contributed by atoms with van der Waals surface area (Å²) < 4.78 is 10.7. The Morgan fingerprint density at radius 1 is 1.04 bits per heavy atom. The number of ether oxygens (including phenoxy) is 2. The van der Waals surface area contributed by atoms with Crippen LogP contribution in [0.2, 0.25) is 5.02 Å². The molecule has 0 saturated carbocycles. The van der Waals surface area contributed by atoms with Gasteiger partial charge >= 0.3 is 0 Å². The normalized spacial score (nSPS) is 11.1. The maximum absolute atomic E-state index is 6.50. The lowest BCUT2D eigenvalue weighted by Crippen LogP contribution is -1.91. The Labute approximate surface area is 143 Å². The average Bonchev–Trinajstić information content (AvgIpc) is 3.05. The van der Waals surface area contributed by atoms with Crippen molar-refractivity contribution in [3.8, 4) is 22.9 Å². The fourth-order valence-electron chi connectivity index (χ4n) is 2.77. The fraction of sp³-hybridized carbons (Fsp3) is 0.111. The first-order valence-electron chi connectivity index (χ1n) is 7.36. The molecule has 4 aromatic rings. The number of H-pyrrole nitrogens is 1. The highest BCUT2D eigenvalue weighted by molar-refractivity contribution is 6.39. The van der Waals surface area contributed by atoms with Gasteiger partial charge in [-0.05, 0) is 24.3 Å². The van der Waals surface area contributed by atoms with Crippen molar-refractivity contribution < 1.29 is 9.47 Å². The summed E-state index contributed by atoms with van der Waals surface area (Å²) in [4.78, 5) is 12.3. The Morgan fingerprint density at radius 2 is 1.92 bits per heavy atom. The molecule has 24 heavy (non-hydrogen) atoms. The lowest BCUT2D eigenvalue weighted by atomic mass is 10.2. The van der Waals surface area contributed by atoms with Gasteiger partial charge in [0.2, 0.25) is 0 Å². The molecule has 5 nitrogen and oxygen atoms in total. The van der Waals surface area contributed by atoms with E-state index in [2.05, 4.69) is 15.0 Å². The van der Waals surface area contributed by atoms with Gasteiger partial charge in [-0.1, -0.05) is 17.7 Å². The lowest BCUT2D eigenvalue weighted by molar-refractivity contribution is 0.395. The van der Waals surface area contributed by atoms with Crippen molar-refractivity contribution in [3.63, 3.8) is 0 Å². The third-order valence-corrected chi connectivity index (χ3v) is 4.31. The Kier molecular flexibility index (Phi) is 3.50. The summed E-state index contributed by atoms with van der Waals surface area (Å²) in [6.07, 6.45) is 1.72. The number of methoxy groups -OCH3 is 2. The van der Waals surface area contributed by atoms with E-state index >= 15 is 0 Å². The van der Waals surface area contributed by atoms with E-state index in [1.165, 1.54) is 0 Å². The fourth-order valence-corrected chi connectivity index (χ4v) is 3.07. The van der Waals surface area contributed by atoms with Crippen LogP contribution in [0.4, 0.5) is 0 Å². The molecular formula is C18H14ClN3O2. The second-order valence-corrected chi connectivity index (χ2v) is 5.69. The van der Waals surface area contributed by atoms with Crippen molar-refractivity contribution in [1.82, 2.24) is 15.0 Å². The minimum absolute atomic E-state index is 0.540. The van der Waals surface area contributed by atoms with Crippen LogP contribution in [-0.4, -0.2) is 29.2 Å². The number of nitrogens with one attached hydrogen (secondary N) is 1. The third kappa shape index (κ3) is 2.25. The van der Waals surface area contributed by atoms with Crippen molar-refractivity contribution in [2.24, 2.45) is 0 Å². The van der Waals surface area contributed by atoms with E-state index in [0.717, 1.165) is 27.7 Å². The first-order valence-corrected chi connectivity index (χ1v) is 7.74. The summed E-state index contributed by atoms with van der Waals surface area (Å²) in [5, 5.41) is 1.50. The van der Waals surface area contributed by atoms with Crippen LogP contribution in [0, 0.1) is 0 Å². The molecule has 6 heteroatoms. The molecule has 0 spiro atoms. The zero-order valence-electron chi connectivity index (χ0n) is 13.1. The third-order valence-electron chi connectivity index (χ3n) is 3.95. The van der Waals surface area contributed by atoms with Crippen LogP contribution < -0.4 is 9.47 Å². The monoisotopic (exact) mass is 339 g/mol. The Bertz CT molecular complexity index is 1060. The SMILES string of the molecule is COc1ccc(-c2nc3c(Cl)c4ncccc4cc3[nH]2)c(OC)c1. The first-order chi connectivity index (χ1) is 11.7. The number of nitrogens with zero attached hydrogens (tertiary/aromatic N) is 2. The molecule has 0 atom stereocenters. The number of aromatic amines is 1.